The SMILES string of the molecule is CNCC(O)Cc1cccc(Br)c1. The van der Waals surface area contributed by atoms with Crippen molar-refractivity contribution in [2.45, 2.75) is 12.5 Å². The van der Waals surface area contributed by atoms with Crippen molar-refractivity contribution in [1.29, 1.82) is 0 Å². The summed E-state index contributed by atoms with van der Waals surface area (Å²) in [7, 11) is 1.84. The van der Waals surface area contributed by atoms with E-state index in [1.54, 1.807) is 0 Å². The van der Waals surface area contributed by atoms with Gasteiger partial charge in [-0.1, -0.05) is 28.1 Å². The van der Waals surface area contributed by atoms with Gasteiger partial charge in [-0.15, -0.1) is 0 Å². The Morgan fingerprint density at radius 3 is 2.92 bits per heavy atom. The second kappa shape index (κ2) is 5.37. The smallest absolute Gasteiger partial charge is 0.0704 e. The molecule has 2 nitrogen and oxygen atoms in total. The Balaban J connectivity index is 2.53. The van der Waals surface area contributed by atoms with Gasteiger partial charge in [0.2, 0.25) is 0 Å². The van der Waals surface area contributed by atoms with Crippen molar-refractivity contribution in [3.8, 4) is 0 Å². The third kappa shape index (κ3) is 3.89. The van der Waals surface area contributed by atoms with E-state index in [1.165, 1.54) is 0 Å². The van der Waals surface area contributed by atoms with E-state index < -0.39 is 0 Å². The molecule has 0 aliphatic heterocycles. The lowest BCUT2D eigenvalue weighted by Gasteiger charge is -2.09. The minimum absolute atomic E-state index is 0.306. The van der Waals surface area contributed by atoms with Crippen LogP contribution in [0.5, 0.6) is 0 Å². The highest BCUT2D eigenvalue weighted by atomic mass is 79.9. The van der Waals surface area contributed by atoms with Crippen LogP contribution in [0.2, 0.25) is 0 Å². The Morgan fingerprint density at radius 2 is 2.31 bits per heavy atom. The van der Waals surface area contributed by atoms with E-state index in [-0.39, 0.29) is 6.10 Å². The Bertz CT molecular complexity index is 265. The molecule has 0 saturated carbocycles. The molecule has 1 unspecified atom stereocenters. The van der Waals surface area contributed by atoms with E-state index >= 15 is 0 Å². The maximum atomic E-state index is 9.52. The highest BCUT2D eigenvalue weighted by Gasteiger charge is 2.03. The number of halogens is 1. The quantitative estimate of drug-likeness (QED) is 0.842. The number of aliphatic hydroxyl groups is 1. The number of rotatable bonds is 4. The van der Waals surface area contributed by atoms with Crippen molar-refractivity contribution in [1.82, 2.24) is 5.32 Å². The topological polar surface area (TPSA) is 32.3 Å². The predicted octanol–water partition coefficient (Wildman–Crippen LogP) is 1.57. The van der Waals surface area contributed by atoms with Gasteiger partial charge >= 0.3 is 0 Å². The second-order valence-electron chi connectivity index (χ2n) is 3.05. The van der Waals surface area contributed by atoms with Crippen LogP contribution < -0.4 is 5.32 Å². The molecule has 72 valence electrons. The van der Waals surface area contributed by atoms with Crippen molar-refractivity contribution >= 4 is 15.9 Å². The summed E-state index contributed by atoms with van der Waals surface area (Å²) in [5, 5.41) is 12.5. The zero-order valence-corrected chi connectivity index (χ0v) is 9.21. The van der Waals surface area contributed by atoms with Gasteiger partial charge < -0.3 is 10.4 Å². The fourth-order valence-corrected chi connectivity index (χ4v) is 1.69. The Labute approximate surface area is 87.1 Å². The van der Waals surface area contributed by atoms with Gasteiger partial charge in [0.25, 0.3) is 0 Å². The van der Waals surface area contributed by atoms with Crippen molar-refractivity contribution in [2.24, 2.45) is 0 Å². The van der Waals surface area contributed by atoms with E-state index in [0.717, 1.165) is 10.0 Å². The van der Waals surface area contributed by atoms with Crippen molar-refractivity contribution in [3.63, 3.8) is 0 Å². The number of aliphatic hydroxyl groups excluding tert-OH is 1. The van der Waals surface area contributed by atoms with Gasteiger partial charge in [-0.05, 0) is 31.2 Å². The van der Waals surface area contributed by atoms with Crippen LogP contribution in [-0.2, 0) is 6.42 Å². The molecule has 2 N–H and O–H groups in total. The molecule has 0 bridgehead atoms. The predicted molar refractivity (Wildman–Crippen MR) is 57.8 cm³/mol. The number of hydrogen-bond acceptors (Lipinski definition) is 2. The van der Waals surface area contributed by atoms with Gasteiger partial charge in [-0.2, -0.15) is 0 Å². The number of benzene rings is 1. The minimum Gasteiger partial charge on any atom is -0.391 e. The molecule has 0 spiro atoms. The van der Waals surface area contributed by atoms with Crippen LogP contribution in [0.15, 0.2) is 28.7 Å². The van der Waals surface area contributed by atoms with Crippen LogP contribution in [-0.4, -0.2) is 24.8 Å². The highest BCUT2D eigenvalue weighted by Crippen LogP contribution is 2.12. The molecular formula is C10H14BrNO. The molecule has 13 heavy (non-hydrogen) atoms. The van der Waals surface area contributed by atoms with Gasteiger partial charge in [0.1, 0.15) is 0 Å². The average Bonchev–Trinajstić information content (AvgIpc) is 2.04. The highest BCUT2D eigenvalue weighted by molar-refractivity contribution is 9.10. The molecule has 0 fully saturated rings. The van der Waals surface area contributed by atoms with Crippen LogP contribution in [0.3, 0.4) is 0 Å². The molecule has 1 aromatic carbocycles. The maximum absolute atomic E-state index is 9.52. The lowest BCUT2D eigenvalue weighted by atomic mass is 10.1. The van der Waals surface area contributed by atoms with E-state index in [0.29, 0.717) is 13.0 Å². The Hall–Kier alpha value is -0.380. The molecule has 0 radical (unpaired) electrons. The standard InChI is InChI=1S/C10H14BrNO/c1-12-7-10(13)6-8-3-2-4-9(11)5-8/h2-5,10,12-13H,6-7H2,1H3. The molecule has 0 heterocycles. The van der Waals surface area contributed by atoms with Gasteiger partial charge in [0, 0.05) is 11.0 Å². The first-order chi connectivity index (χ1) is 6.22. The molecular weight excluding hydrogens is 230 g/mol. The van der Waals surface area contributed by atoms with Crippen LogP contribution in [0, 0.1) is 0 Å². The molecule has 0 aliphatic carbocycles. The fraction of sp³-hybridized carbons (Fsp3) is 0.400. The van der Waals surface area contributed by atoms with Crippen LogP contribution in [0.1, 0.15) is 5.56 Å². The first-order valence-corrected chi connectivity index (χ1v) is 5.09. The average molecular weight is 244 g/mol. The lowest BCUT2D eigenvalue weighted by molar-refractivity contribution is 0.175. The summed E-state index contributed by atoms with van der Waals surface area (Å²) in [5.74, 6) is 0. The van der Waals surface area contributed by atoms with Crippen molar-refractivity contribution < 1.29 is 5.11 Å². The van der Waals surface area contributed by atoms with Crippen molar-refractivity contribution in [2.75, 3.05) is 13.6 Å². The monoisotopic (exact) mass is 243 g/mol. The van der Waals surface area contributed by atoms with Gasteiger partial charge in [-0.3, -0.25) is 0 Å². The minimum atomic E-state index is -0.306. The molecule has 1 aromatic rings. The molecule has 0 aliphatic rings. The first kappa shape index (κ1) is 10.7. The third-order valence-corrected chi connectivity index (χ3v) is 2.29. The van der Waals surface area contributed by atoms with E-state index in [4.69, 9.17) is 0 Å². The molecule has 0 amide bonds. The third-order valence-electron chi connectivity index (χ3n) is 1.80. The Kier molecular flexibility index (Phi) is 4.42. The number of nitrogens with one attached hydrogen (secondary N) is 1. The molecule has 3 heteroatoms. The van der Waals surface area contributed by atoms with E-state index in [9.17, 15) is 5.11 Å². The van der Waals surface area contributed by atoms with Crippen LogP contribution in [0.25, 0.3) is 0 Å². The molecule has 0 aromatic heterocycles. The molecule has 1 atom stereocenters. The fourth-order valence-electron chi connectivity index (χ4n) is 1.24. The summed E-state index contributed by atoms with van der Waals surface area (Å²) in [6.45, 7) is 0.631. The van der Waals surface area contributed by atoms with Gasteiger partial charge in [-0.25, -0.2) is 0 Å². The Morgan fingerprint density at radius 1 is 1.54 bits per heavy atom. The zero-order valence-electron chi connectivity index (χ0n) is 7.63. The van der Waals surface area contributed by atoms with E-state index in [2.05, 4.69) is 21.2 Å². The van der Waals surface area contributed by atoms with Gasteiger partial charge in [0.15, 0.2) is 0 Å². The summed E-state index contributed by atoms with van der Waals surface area (Å²) in [6.07, 6.45) is 0.389. The number of hydrogen-bond donors (Lipinski definition) is 2. The summed E-state index contributed by atoms with van der Waals surface area (Å²) in [4.78, 5) is 0. The molecule has 1 rings (SSSR count). The maximum Gasteiger partial charge on any atom is 0.0704 e. The normalized spacial score (nSPS) is 12.8. The van der Waals surface area contributed by atoms with E-state index in [1.807, 2.05) is 31.3 Å². The largest absolute Gasteiger partial charge is 0.391 e. The summed E-state index contributed by atoms with van der Waals surface area (Å²) < 4.78 is 1.06. The summed E-state index contributed by atoms with van der Waals surface area (Å²) in [6, 6.07) is 8.00. The molecule has 0 saturated heterocycles. The lowest BCUT2D eigenvalue weighted by Crippen LogP contribution is -2.25. The number of likely N-dealkylation sites (N-methyl/N-ethyl adjacent to an activating group) is 1. The van der Waals surface area contributed by atoms with Crippen LogP contribution >= 0.6 is 15.9 Å². The van der Waals surface area contributed by atoms with Crippen LogP contribution in [0.4, 0.5) is 0 Å². The summed E-state index contributed by atoms with van der Waals surface area (Å²) in [5.41, 5.74) is 1.15. The second-order valence-corrected chi connectivity index (χ2v) is 3.96. The van der Waals surface area contributed by atoms with Crippen molar-refractivity contribution in [3.05, 3.63) is 34.3 Å². The zero-order chi connectivity index (χ0) is 9.68. The van der Waals surface area contributed by atoms with Gasteiger partial charge in [0.05, 0.1) is 6.10 Å². The first-order valence-electron chi connectivity index (χ1n) is 4.29. The summed E-state index contributed by atoms with van der Waals surface area (Å²) >= 11 is 3.39.